The maximum absolute atomic E-state index is 12.1. The Bertz CT molecular complexity index is 717. The highest BCUT2D eigenvalue weighted by molar-refractivity contribution is 9.10. The second-order valence-corrected chi connectivity index (χ2v) is 6.52. The first-order valence-corrected chi connectivity index (χ1v) is 7.66. The van der Waals surface area contributed by atoms with Crippen molar-refractivity contribution in [2.24, 2.45) is 0 Å². The average Bonchev–Trinajstić information content (AvgIpc) is 2.33. The van der Waals surface area contributed by atoms with Crippen molar-refractivity contribution in [2.75, 3.05) is 10.5 Å². The monoisotopic (exact) mass is 341 g/mol. The van der Waals surface area contributed by atoms with E-state index in [2.05, 4.69) is 25.6 Å². The molecule has 0 spiro atoms. The highest BCUT2D eigenvalue weighted by atomic mass is 79.9. The van der Waals surface area contributed by atoms with E-state index in [1.807, 2.05) is 13.0 Å². The predicted molar refractivity (Wildman–Crippen MR) is 78.3 cm³/mol. The summed E-state index contributed by atoms with van der Waals surface area (Å²) in [6.45, 7) is 1.92. The molecule has 0 radical (unpaired) electrons. The summed E-state index contributed by atoms with van der Waals surface area (Å²) in [6.07, 6.45) is 1.36. The molecular formula is C12H12BrN3O2S. The molecule has 3 N–H and O–H groups in total. The summed E-state index contributed by atoms with van der Waals surface area (Å²) in [5.41, 5.74) is 6.99. The Morgan fingerprint density at radius 2 is 2.00 bits per heavy atom. The van der Waals surface area contributed by atoms with Gasteiger partial charge in [-0.1, -0.05) is 22.0 Å². The number of anilines is 2. The summed E-state index contributed by atoms with van der Waals surface area (Å²) in [6, 6.07) is 7.93. The molecule has 0 aliphatic rings. The van der Waals surface area contributed by atoms with Crippen LogP contribution in [-0.2, 0) is 10.0 Å². The van der Waals surface area contributed by atoms with Gasteiger partial charge in [-0.3, -0.25) is 4.72 Å². The van der Waals surface area contributed by atoms with Crippen molar-refractivity contribution in [2.45, 2.75) is 11.8 Å². The van der Waals surface area contributed by atoms with E-state index in [-0.39, 0.29) is 10.7 Å². The van der Waals surface area contributed by atoms with Gasteiger partial charge in [0.25, 0.3) is 10.0 Å². The Hall–Kier alpha value is -1.60. The molecule has 0 aliphatic carbocycles. The van der Waals surface area contributed by atoms with Crippen LogP contribution in [0.5, 0.6) is 0 Å². The number of nitrogens with two attached hydrogens (primary N) is 1. The van der Waals surface area contributed by atoms with Crippen molar-refractivity contribution in [3.05, 3.63) is 46.6 Å². The van der Waals surface area contributed by atoms with Gasteiger partial charge >= 0.3 is 0 Å². The highest BCUT2D eigenvalue weighted by Crippen LogP contribution is 2.23. The summed E-state index contributed by atoms with van der Waals surface area (Å²) in [4.78, 5) is 3.84. The number of nitrogen functional groups attached to an aromatic ring is 1. The molecule has 0 amide bonds. The van der Waals surface area contributed by atoms with Gasteiger partial charge in [0.15, 0.2) is 0 Å². The highest BCUT2D eigenvalue weighted by Gasteiger charge is 2.14. The van der Waals surface area contributed by atoms with Crippen LogP contribution >= 0.6 is 15.9 Å². The van der Waals surface area contributed by atoms with Gasteiger partial charge in [-0.25, -0.2) is 13.4 Å². The number of rotatable bonds is 3. The van der Waals surface area contributed by atoms with Crippen LogP contribution < -0.4 is 10.5 Å². The number of nitrogens with one attached hydrogen (secondary N) is 1. The third-order valence-electron chi connectivity index (χ3n) is 2.49. The molecule has 1 aromatic heterocycles. The molecule has 5 nitrogen and oxygen atoms in total. The lowest BCUT2D eigenvalue weighted by molar-refractivity contribution is 0.601. The molecule has 2 aromatic rings. The molecule has 0 saturated heterocycles. The molecule has 0 bridgehead atoms. The molecule has 0 saturated carbocycles. The zero-order valence-electron chi connectivity index (χ0n) is 10.1. The first-order valence-electron chi connectivity index (χ1n) is 5.39. The van der Waals surface area contributed by atoms with E-state index in [9.17, 15) is 8.42 Å². The first kappa shape index (κ1) is 13.8. The van der Waals surface area contributed by atoms with Crippen molar-refractivity contribution >= 4 is 37.5 Å². The summed E-state index contributed by atoms with van der Waals surface area (Å²) < 4.78 is 27.6. The fraction of sp³-hybridized carbons (Fsp3) is 0.0833. The van der Waals surface area contributed by atoms with Gasteiger partial charge in [-0.15, -0.1) is 0 Å². The standard InChI is InChI=1S/C12H12BrN3O2S/c1-8-2-3-9(6-11(8)13)16-19(17,18)10-4-5-15-12(14)7-10/h2-7,16H,1H3,(H2,14,15). The van der Waals surface area contributed by atoms with Crippen LogP contribution in [0.15, 0.2) is 45.9 Å². The largest absolute Gasteiger partial charge is 0.384 e. The van der Waals surface area contributed by atoms with E-state index in [0.717, 1.165) is 10.0 Å². The van der Waals surface area contributed by atoms with Gasteiger partial charge < -0.3 is 5.73 Å². The van der Waals surface area contributed by atoms with Gasteiger partial charge in [-0.05, 0) is 30.7 Å². The number of nitrogens with zero attached hydrogens (tertiary/aromatic N) is 1. The zero-order chi connectivity index (χ0) is 14.0. The fourth-order valence-corrected chi connectivity index (χ4v) is 2.92. The molecule has 7 heteroatoms. The lowest BCUT2D eigenvalue weighted by Crippen LogP contribution is -2.13. The molecule has 2 rings (SSSR count). The number of aryl methyl sites for hydroxylation is 1. The van der Waals surface area contributed by atoms with Crippen molar-refractivity contribution in [1.82, 2.24) is 4.98 Å². The smallest absolute Gasteiger partial charge is 0.262 e. The Balaban J connectivity index is 2.33. The third-order valence-corrected chi connectivity index (χ3v) is 4.72. The fourth-order valence-electron chi connectivity index (χ4n) is 1.47. The van der Waals surface area contributed by atoms with Gasteiger partial charge in [0.2, 0.25) is 0 Å². The minimum Gasteiger partial charge on any atom is -0.384 e. The third kappa shape index (κ3) is 3.24. The molecule has 1 heterocycles. The van der Waals surface area contributed by atoms with Gasteiger partial charge in [0.1, 0.15) is 5.82 Å². The molecule has 0 atom stereocenters. The summed E-state index contributed by atoms with van der Waals surface area (Å²) in [5.74, 6) is 0.160. The molecule has 0 aliphatic heterocycles. The summed E-state index contributed by atoms with van der Waals surface area (Å²) in [5, 5.41) is 0. The second-order valence-electron chi connectivity index (χ2n) is 3.99. The lowest BCUT2D eigenvalue weighted by Gasteiger charge is -2.09. The maximum Gasteiger partial charge on any atom is 0.262 e. The van der Waals surface area contributed by atoms with Crippen molar-refractivity contribution in [1.29, 1.82) is 0 Å². The predicted octanol–water partition coefficient (Wildman–Crippen LogP) is 2.54. The van der Waals surface area contributed by atoms with Gasteiger partial charge in [-0.2, -0.15) is 0 Å². The quantitative estimate of drug-likeness (QED) is 0.898. The van der Waals surface area contributed by atoms with Crippen LogP contribution in [-0.4, -0.2) is 13.4 Å². The van der Waals surface area contributed by atoms with Crippen LogP contribution in [0.4, 0.5) is 11.5 Å². The van der Waals surface area contributed by atoms with E-state index in [1.54, 1.807) is 12.1 Å². The normalized spacial score (nSPS) is 11.3. The van der Waals surface area contributed by atoms with Crippen LogP contribution in [0, 0.1) is 6.92 Å². The van der Waals surface area contributed by atoms with Crippen molar-refractivity contribution in [3.8, 4) is 0 Å². The molecule has 0 unspecified atom stereocenters. The Morgan fingerprint density at radius 3 is 2.63 bits per heavy atom. The molecule has 100 valence electrons. The van der Waals surface area contributed by atoms with E-state index in [4.69, 9.17) is 5.73 Å². The minimum atomic E-state index is -3.66. The SMILES string of the molecule is Cc1ccc(NS(=O)(=O)c2ccnc(N)c2)cc1Br. The minimum absolute atomic E-state index is 0.0803. The van der Waals surface area contributed by atoms with Crippen molar-refractivity contribution < 1.29 is 8.42 Å². The second kappa shape index (κ2) is 5.18. The number of sulfonamides is 1. The van der Waals surface area contributed by atoms with E-state index in [1.165, 1.54) is 18.3 Å². The molecule has 1 aromatic carbocycles. The summed E-state index contributed by atoms with van der Waals surface area (Å²) in [7, 11) is -3.66. The van der Waals surface area contributed by atoms with Crippen LogP contribution in [0.2, 0.25) is 0 Å². The number of halogens is 1. The molecule has 19 heavy (non-hydrogen) atoms. The number of pyridine rings is 1. The molecule has 0 fully saturated rings. The lowest BCUT2D eigenvalue weighted by atomic mass is 10.2. The first-order chi connectivity index (χ1) is 8.88. The van der Waals surface area contributed by atoms with E-state index < -0.39 is 10.0 Å². The van der Waals surface area contributed by atoms with E-state index in [0.29, 0.717) is 5.69 Å². The Kier molecular flexibility index (Phi) is 3.77. The van der Waals surface area contributed by atoms with Gasteiger partial charge in [0.05, 0.1) is 4.90 Å². The maximum atomic E-state index is 12.1. The van der Waals surface area contributed by atoms with E-state index >= 15 is 0 Å². The summed E-state index contributed by atoms with van der Waals surface area (Å²) >= 11 is 3.36. The Labute approximate surface area is 120 Å². The van der Waals surface area contributed by atoms with Crippen molar-refractivity contribution in [3.63, 3.8) is 0 Å². The number of hydrogen-bond donors (Lipinski definition) is 2. The van der Waals surface area contributed by atoms with Gasteiger partial charge in [0, 0.05) is 22.4 Å². The number of hydrogen-bond acceptors (Lipinski definition) is 4. The zero-order valence-corrected chi connectivity index (χ0v) is 12.5. The topological polar surface area (TPSA) is 85.1 Å². The van der Waals surface area contributed by atoms with Crippen LogP contribution in [0.25, 0.3) is 0 Å². The van der Waals surface area contributed by atoms with Crippen LogP contribution in [0.3, 0.4) is 0 Å². The Morgan fingerprint density at radius 1 is 1.26 bits per heavy atom. The number of aromatic nitrogens is 1. The average molecular weight is 342 g/mol. The van der Waals surface area contributed by atoms with Crippen LogP contribution in [0.1, 0.15) is 5.56 Å². The molecular weight excluding hydrogens is 330 g/mol. The number of benzene rings is 1.